The molecular formula is C19H18N4O3. The molecule has 2 aromatic heterocycles. The van der Waals surface area contributed by atoms with Crippen molar-refractivity contribution < 1.29 is 14.1 Å². The van der Waals surface area contributed by atoms with Gasteiger partial charge in [0.2, 0.25) is 11.7 Å². The molecule has 4 rings (SSSR count). The van der Waals surface area contributed by atoms with E-state index in [4.69, 9.17) is 9.26 Å². The van der Waals surface area contributed by atoms with Gasteiger partial charge in [-0.05, 0) is 25.0 Å². The monoisotopic (exact) mass is 350 g/mol. The van der Waals surface area contributed by atoms with Gasteiger partial charge >= 0.3 is 6.09 Å². The van der Waals surface area contributed by atoms with Crippen LogP contribution in [0.15, 0.2) is 59.4 Å². The number of aromatic nitrogens is 3. The van der Waals surface area contributed by atoms with Crippen molar-refractivity contribution in [1.82, 2.24) is 20.0 Å². The summed E-state index contributed by atoms with van der Waals surface area (Å²) < 4.78 is 10.8. The summed E-state index contributed by atoms with van der Waals surface area (Å²) in [4.78, 5) is 22.4. The predicted molar refractivity (Wildman–Crippen MR) is 93.5 cm³/mol. The summed E-state index contributed by atoms with van der Waals surface area (Å²) >= 11 is 0. The molecule has 0 radical (unpaired) electrons. The minimum atomic E-state index is -0.355. The standard InChI is InChI=1S/C19H18N4O3/c24-19(25-16-7-4-10-20-13-16)23-11-8-15(9-12-23)18-21-17(22-26-18)14-5-2-1-3-6-14/h1-7,10,13,15H,8-9,11-12H2. The van der Waals surface area contributed by atoms with Crippen molar-refractivity contribution in [3.05, 3.63) is 60.7 Å². The molecule has 1 amide bonds. The van der Waals surface area contributed by atoms with Gasteiger partial charge in [-0.3, -0.25) is 4.98 Å². The van der Waals surface area contributed by atoms with E-state index >= 15 is 0 Å². The van der Waals surface area contributed by atoms with Crippen molar-refractivity contribution >= 4 is 6.09 Å². The Kier molecular flexibility index (Phi) is 4.59. The van der Waals surface area contributed by atoms with Crippen LogP contribution in [0.5, 0.6) is 5.75 Å². The number of carbonyl (C=O) groups is 1. The summed E-state index contributed by atoms with van der Waals surface area (Å²) in [5.41, 5.74) is 0.931. The van der Waals surface area contributed by atoms with Crippen LogP contribution >= 0.6 is 0 Å². The molecule has 0 atom stereocenters. The van der Waals surface area contributed by atoms with Crippen LogP contribution in [0.2, 0.25) is 0 Å². The van der Waals surface area contributed by atoms with Crippen molar-refractivity contribution in [3.8, 4) is 17.1 Å². The van der Waals surface area contributed by atoms with Gasteiger partial charge in [-0.1, -0.05) is 35.5 Å². The molecule has 0 N–H and O–H groups in total. The maximum atomic E-state index is 12.2. The molecule has 1 aliphatic heterocycles. The number of benzene rings is 1. The Bertz CT molecular complexity index is 859. The Labute approximate surface area is 150 Å². The SMILES string of the molecule is O=C(Oc1cccnc1)N1CCC(c2nc(-c3ccccc3)no2)CC1. The first kappa shape index (κ1) is 16.3. The van der Waals surface area contributed by atoms with Crippen molar-refractivity contribution in [2.45, 2.75) is 18.8 Å². The maximum absolute atomic E-state index is 12.2. The van der Waals surface area contributed by atoms with Gasteiger partial charge in [0, 0.05) is 30.8 Å². The van der Waals surface area contributed by atoms with Gasteiger partial charge in [0.15, 0.2) is 5.75 Å². The number of carbonyl (C=O) groups excluding carboxylic acids is 1. The molecule has 3 heterocycles. The smallest absolute Gasteiger partial charge is 0.409 e. The Balaban J connectivity index is 1.35. The second kappa shape index (κ2) is 7.35. The minimum absolute atomic E-state index is 0.155. The lowest BCUT2D eigenvalue weighted by Gasteiger charge is -2.29. The molecular weight excluding hydrogens is 332 g/mol. The van der Waals surface area contributed by atoms with Crippen LogP contribution in [0.1, 0.15) is 24.7 Å². The molecule has 0 spiro atoms. The maximum Gasteiger partial charge on any atom is 0.415 e. The van der Waals surface area contributed by atoms with Crippen LogP contribution in [-0.2, 0) is 0 Å². The fraction of sp³-hybridized carbons (Fsp3) is 0.263. The molecule has 26 heavy (non-hydrogen) atoms. The van der Waals surface area contributed by atoms with Crippen molar-refractivity contribution in [1.29, 1.82) is 0 Å². The summed E-state index contributed by atoms with van der Waals surface area (Å²) in [6.07, 6.45) is 4.33. The van der Waals surface area contributed by atoms with Crippen LogP contribution in [0.3, 0.4) is 0 Å². The third-order valence-electron chi connectivity index (χ3n) is 4.42. The summed E-state index contributed by atoms with van der Waals surface area (Å²) in [5.74, 6) is 1.83. The van der Waals surface area contributed by atoms with Crippen LogP contribution in [0.25, 0.3) is 11.4 Å². The van der Waals surface area contributed by atoms with Crippen molar-refractivity contribution in [2.75, 3.05) is 13.1 Å². The zero-order valence-electron chi connectivity index (χ0n) is 14.1. The molecule has 0 aliphatic carbocycles. The number of hydrogen-bond acceptors (Lipinski definition) is 6. The van der Waals surface area contributed by atoms with E-state index < -0.39 is 0 Å². The highest BCUT2D eigenvalue weighted by atomic mass is 16.6. The summed E-state index contributed by atoms with van der Waals surface area (Å²) in [6, 6.07) is 13.2. The second-order valence-corrected chi connectivity index (χ2v) is 6.14. The highest BCUT2D eigenvalue weighted by Gasteiger charge is 2.28. The molecule has 0 unspecified atom stereocenters. The molecule has 1 saturated heterocycles. The Morgan fingerprint density at radius 2 is 1.92 bits per heavy atom. The van der Waals surface area contributed by atoms with E-state index in [0.717, 1.165) is 18.4 Å². The normalized spacial score (nSPS) is 15.0. The van der Waals surface area contributed by atoms with E-state index in [2.05, 4.69) is 15.1 Å². The number of nitrogens with zero attached hydrogens (tertiary/aromatic N) is 4. The third-order valence-corrected chi connectivity index (χ3v) is 4.42. The summed E-state index contributed by atoms with van der Waals surface area (Å²) in [7, 11) is 0. The molecule has 7 heteroatoms. The zero-order chi connectivity index (χ0) is 17.8. The van der Waals surface area contributed by atoms with Crippen molar-refractivity contribution in [2.24, 2.45) is 0 Å². The number of pyridine rings is 1. The van der Waals surface area contributed by atoms with Gasteiger partial charge < -0.3 is 14.2 Å². The summed E-state index contributed by atoms with van der Waals surface area (Å²) in [5, 5.41) is 4.07. The topological polar surface area (TPSA) is 81.4 Å². The number of amides is 1. The van der Waals surface area contributed by atoms with Gasteiger partial charge in [-0.15, -0.1) is 0 Å². The number of piperidine rings is 1. The van der Waals surface area contributed by atoms with E-state index in [1.54, 1.807) is 23.2 Å². The van der Waals surface area contributed by atoms with E-state index in [-0.39, 0.29) is 12.0 Å². The highest BCUT2D eigenvalue weighted by Crippen LogP contribution is 2.28. The van der Waals surface area contributed by atoms with Crippen LogP contribution < -0.4 is 4.74 Å². The first-order valence-electron chi connectivity index (χ1n) is 8.55. The lowest BCUT2D eigenvalue weighted by Crippen LogP contribution is -2.39. The van der Waals surface area contributed by atoms with Crippen LogP contribution in [0, 0.1) is 0 Å². The van der Waals surface area contributed by atoms with E-state index in [1.165, 1.54) is 6.20 Å². The number of hydrogen-bond donors (Lipinski definition) is 0. The molecule has 1 aliphatic rings. The lowest BCUT2D eigenvalue weighted by molar-refractivity contribution is 0.135. The number of likely N-dealkylation sites (tertiary alicyclic amines) is 1. The molecule has 132 valence electrons. The first-order valence-corrected chi connectivity index (χ1v) is 8.55. The quantitative estimate of drug-likeness (QED) is 0.719. The van der Waals surface area contributed by atoms with Gasteiger partial charge in [0.25, 0.3) is 0 Å². The van der Waals surface area contributed by atoms with E-state index in [0.29, 0.717) is 30.6 Å². The lowest BCUT2D eigenvalue weighted by atomic mass is 9.97. The summed E-state index contributed by atoms with van der Waals surface area (Å²) in [6.45, 7) is 1.18. The molecule has 3 aromatic rings. The predicted octanol–water partition coefficient (Wildman–Crippen LogP) is 3.51. The van der Waals surface area contributed by atoms with Crippen molar-refractivity contribution in [3.63, 3.8) is 0 Å². The third kappa shape index (κ3) is 3.56. The van der Waals surface area contributed by atoms with E-state index in [9.17, 15) is 4.79 Å². The molecule has 1 aromatic carbocycles. The molecule has 7 nitrogen and oxygen atoms in total. The molecule has 0 saturated carbocycles. The average molecular weight is 350 g/mol. The highest BCUT2D eigenvalue weighted by molar-refractivity contribution is 5.70. The largest absolute Gasteiger partial charge is 0.415 e. The first-order chi connectivity index (χ1) is 12.8. The van der Waals surface area contributed by atoms with Gasteiger partial charge in [0.1, 0.15) is 0 Å². The Morgan fingerprint density at radius 3 is 2.65 bits per heavy atom. The molecule has 1 fully saturated rings. The Morgan fingerprint density at radius 1 is 1.12 bits per heavy atom. The van der Waals surface area contributed by atoms with Gasteiger partial charge in [-0.25, -0.2) is 4.79 Å². The second-order valence-electron chi connectivity index (χ2n) is 6.14. The fourth-order valence-electron chi connectivity index (χ4n) is 2.99. The molecule has 0 bridgehead atoms. The van der Waals surface area contributed by atoms with Gasteiger partial charge in [0.05, 0.1) is 6.20 Å². The fourth-order valence-corrected chi connectivity index (χ4v) is 2.99. The number of ether oxygens (including phenoxy) is 1. The van der Waals surface area contributed by atoms with Gasteiger partial charge in [-0.2, -0.15) is 4.98 Å². The Hall–Kier alpha value is -3.22. The zero-order valence-corrected chi connectivity index (χ0v) is 14.1. The average Bonchev–Trinajstić information content (AvgIpc) is 3.20. The van der Waals surface area contributed by atoms with Crippen LogP contribution in [-0.4, -0.2) is 39.2 Å². The number of rotatable bonds is 3. The van der Waals surface area contributed by atoms with E-state index in [1.807, 2.05) is 30.3 Å². The van der Waals surface area contributed by atoms with Crippen LogP contribution in [0.4, 0.5) is 4.79 Å². The minimum Gasteiger partial charge on any atom is -0.409 e.